The average Bonchev–Trinajstić information content (AvgIpc) is 2.47. The number of hydrogen-bond acceptors (Lipinski definition) is 4. The number of rotatable bonds is 7. The first-order chi connectivity index (χ1) is 9.69. The number of benzene rings is 1. The fraction of sp³-hybridized carbons (Fsp3) is 0.500. The molecule has 0 aliphatic rings. The highest BCUT2D eigenvalue weighted by molar-refractivity contribution is 5.79. The van der Waals surface area contributed by atoms with Crippen molar-refractivity contribution in [3.8, 4) is 0 Å². The lowest BCUT2D eigenvalue weighted by Gasteiger charge is -2.14. The Hall–Kier alpha value is -1.84. The molecule has 0 fully saturated rings. The fourth-order valence-corrected chi connectivity index (χ4v) is 1.91. The summed E-state index contributed by atoms with van der Waals surface area (Å²) in [5.41, 5.74) is 0.887. The molecule has 0 N–H and O–H groups in total. The Kier molecular flexibility index (Phi) is 7.40. The second-order valence-electron chi connectivity index (χ2n) is 4.71. The molecule has 0 saturated carbocycles. The largest absolute Gasteiger partial charge is 0.362 e. The van der Waals surface area contributed by atoms with Crippen LogP contribution in [-0.2, 0) is 19.4 Å². The number of carbonyl (C=O) groups is 2. The summed E-state index contributed by atoms with van der Waals surface area (Å²) in [7, 11) is 0. The van der Waals surface area contributed by atoms with Crippen LogP contribution in [0.15, 0.2) is 30.3 Å². The summed E-state index contributed by atoms with van der Waals surface area (Å²) in [5, 5.41) is 0. The summed E-state index contributed by atoms with van der Waals surface area (Å²) in [5.74, 6) is -1.40. The van der Waals surface area contributed by atoms with Gasteiger partial charge in [-0.25, -0.2) is 19.4 Å². The summed E-state index contributed by atoms with van der Waals surface area (Å²) in [6.07, 6.45) is 3.50. The van der Waals surface area contributed by atoms with E-state index in [4.69, 9.17) is 0 Å². The molecule has 0 saturated heterocycles. The van der Waals surface area contributed by atoms with Gasteiger partial charge in [0.15, 0.2) is 0 Å². The summed E-state index contributed by atoms with van der Waals surface area (Å²) in [6, 6.07) is 9.42. The first kappa shape index (κ1) is 16.2. The van der Waals surface area contributed by atoms with Gasteiger partial charge in [-0.1, -0.05) is 57.0 Å². The van der Waals surface area contributed by atoms with Crippen LogP contribution in [-0.4, -0.2) is 11.9 Å². The Morgan fingerprint density at radius 3 is 2.35 bits per heavy atom. The Morgan fingerprint density at radius 1 is 1.05 bits per heavy atom. The fourth-order valence-electron chi connectivity index (χ4n) is 1.91. The highest BCUT2D eigenvalue weighted by Crippen LogP contribution is 2.23. The highest BCUT2D eigenvalue weighted by Gasteiger charge is 2.23. The first-order valence-electron chi connectivity index (χ1n) is 7.15. The van der Waals surface area contributed by atoms with Crippen molar-refractivity contribution in [2.75, 3.05) is 0 Å². The van der Waals surface area contributed by atoms with E-state index in [0.29, 0.717) is 12.8 Å². The second kappa shape index (κ2) is 9.13. The summed E-state index contributed by atoms with van der Waals surface area (Å²) < 4.78 is 0. The van der Waals surface area contributed by atoms with Crippen LogP contribution in [0.1, 0.15) is 57.4 Å². The van der Waals surface area contributed by atoms with E-state index in [2.05, 4.69) is 16.7 Å². The highest BCUT2D eigenvalue weighted by atomic mass is 17.2. The van der Waals surface area contributed by atoms with Gasteiger partial charge in [-0.3, -0.25) is 0 Å². The predicted octanol–water partition coefficient (Wildman–Crippen LogP) is 3.76. The molecule has 0 radical (unpaired) electrons. The standard InChI is InChI=1S/C16H22O4/c1-3-5-12-14(13-10-7-6-8-11-13)16(18)20-19-15(17)9-4-2/h6-8,10-11,14H,3-5,9,12H2,1-2H3. The Bertz CT molecular complexity index is 414. The van der Waals surface area contributed by atoms with Gasteiger partial charge in [-0.05, 0) is 18.4 Å². The molecule has 4 nitrogen and oxygen atoms in total. The van der Waals surface area contributed by atoms with E-state index in [-0.39, 0.29) is 12.3 Å². The zero-order valence-electron chi connectivity index (χ0n) is 12.1. The van der Waals surface area contributed by atoms with Crippen LogP contribution in [0.3, 0.4) is 0 Å². The van der Waals surface area contributed by atoms with Gasteiger partial charge < -0.3 is 0 Å². The zero-order valence-corrected chi connectivity index (χ0v) is 12.1. The minimum atomic E-state index is -0.511. The van der Waals surface area contributed by atoms with Crippen LogP contribution in [0.4, 0.5) is 0 Å². The van der Waals surface area contributed by atoms with Gasteiger partial charge in [0.25, 0.3) is 0 Å². The molecule has 1 atom stereocenters. The number of carbonyl (C=O) groups excluding carboxylic acids is 2. The van der Waals surface area contributed by atoms with E-state index in [1.54, 1.807) is 0 Å². The Balaban J connectivity index is 2.63. The van der Waals surface area contributed by atoms with Gasteiger partial charge >= 0.3 is 11.9 Å². The van der Waals surface area contributed by atoms with Crippen LogP contribution in [0.25, 0.3) is 0 Å². The van der Waals surface area contributed by atoms with Gasteiger partial charge in [0, 0.05) is 6.42 Å². The Morgan fingerprint density at radius 2 is 1.75 bits per heavy atom. The summed E-state index contributed by atoms with van der Waals surface area (Å²) >= 11 is 0. The molecule has 0 aromatic heterocycles. The molecule has 0 aliphatic carbocycles. The molecular formula is C16H22O4. The van der Waals surface area contributed by atoms with Crippen molar-refractivity contribution < 1.29 is 19.4 Å². The van der Waals surface area contributed by atoms with Crippen molar-refractivity contribution in [3.05, 3.63) is 35.9 Å². The van der Waals surface area contributed by atoms with E-state index in [1.165, 1.54) is 0 Å². The molecule has 0 spiro atoms. The summed E-state index contributed by atoms with van der Waals surface area (Å²) in [6.45, 7) is 3.92. The monoisotopic (exact) mass is 278 g/mol. The van der Waals surface area contributed by atoms with Crippen LogP contribution >= 0.6 is 0 Å². The summed E-state index contributed by atoms with van der Waals surface area (Å²) in [4.78, 5) is 32.5. The van der Waals surface area contributed by atoms with Crippen LogP contribution in [0, 0.1) is 0 Å². The van der Waals surface area contributed by atoms with E-state index in [9.17, 15) is 9.59 Å². The van der Waals surface area contributed by atoms with E-state index < -0.39 is 11.9 Å². The lowest BCUT2D eigenvalue weighted by atomic mass is 9.94. The molecular weight excluding hydrogens is 256 g/mol. The molecule has 20 heavy (non-hydrogen) atoms. The van der Waals surface area contributed by atoms with Gasteiger partial charge in [-0.2, -0.15) is 0 Å². The van der Waals surface area contributed by atoms with Gasteiger partial charge in [0.2, 0.25) is 0 Å². The molecule has 1 unspecified atom stereocenters. The first-order valence-corrected chi connectivity index (χ1v) is 7.15. The predicted molar refractivity (Wildman–Crippen MR) is 75.8 cm³/mol. The molecule has 4 heteroatoms. The maximum atomic E-state index is 12.1. The van der Waals surface area contributed by atoms with Crippen molar-refractivity contribution in [2.45, 2.75) is 51.9 Å². The van der Waals surface area contributed by atoms with Crippen molar-refractivity contribution in [3.63, 3.8) is 0 Å². The van der Waals surface area contributed by atoms with Gasteiger partial charge in [0.05, 0.1) is 5.92 Å². The molecule has 0 amide bonds. The zero-order chi connectivity index (χ0) is 14.8. The van der Waals surface area contributed by atoms with Crippen molar-refractivity contribution in [1.29, 1.82) is 0 Å². The van der Waals surface area contributed by atoms with Crippen LogP contribution < -0.4 is 0 Å². The SMILES string of the molecule is CCCCC(C(=O)OOC(=O)CCC)c1ccccc1. The molecule has 1 aromatic rings. The van der Waals surface area contributed by atoms with Crippen molar-refractivity contribution >= 4 is 11.9 Å². The molecule has 1 aromatic carbocycles. The molecule has 110 valence electrons. The lowest BCUT2D eigenvalue weighted by molar-refractivity contribution is -0.260. The second-order valence-corrected chi connectivity index (χ2v) is 4.71. The van der Waals surface area contributed by atoms with E-state index >= 15 is 0 Å². The number of unbranched alkanes of at least 4 members (excludes halogenated alkanes) is 1. The molecule has 1 rings (SSSR count). The third-order valence-electron chi connectivity index (χ3n) is 3.00. The maximum Gasteiger partial charge on any atom is 0.362 e. The smallest absolute Gasteiger partial charge is 0.247 e. The van der Waals surface area contributed by atoms with Crippen LogP contribution in [0.2, 0.25) is 0 Å². The van der Waals surface area contributed by atoms with Crippen LogP contribution in [0.5, 0.6) is 0 Å². The minimum absolute atomic E-state index is 0.248. The number of hydrogen-bond donors (Lipinski definition) is 0. The average molecular weight is 278 g/mol. The molecule has 0 aliphatic heterocycles. The third kappa shape index (κ3) is 5.43. The lowest BCUT2D eigenvalue weighted by Crippen LogP contribution is -2.18. The Labute approximate surface area is 120 Å². The molecule has 0 bridgehead atoms. The van der Waals surface area contributed by atoms with Crippen molar-refractivity contribution in [1.82, 2.24) is 0 Å². The quantitative estimate of drug-likeness (QED) is 0.563. The van der Waals surface area contributed by atoms with E-state index in [0.717, 1.165) is 18.4 Å². The normalized spacial score (nSPS) is 11.7. The van der Waals surface area contributed by atoms with E-state index in [1.807, 2.05) is 37.3 Å². The minimum Gasteiger partial charge on any atom is -0.247 e. The third-order valence-corrected chi connectivity index (χ3v) is 3.00. The van der Waals surface area contributed by atoms with Crippen molar-refractivity contribution in [2.24, 2.45) is 0 Å². The van der Waals surface area contributed by atoms with Gasteiger partial charge in [-0.15, -0.1) is 0 Å². The maximum absolute atomic E-state index is 12.1. The molecule has 0 heterocycles. The topological polar surface area (TPSA) is 52.6 Å². The van der Waals surface area contributed by atoms with Gasteiger partial charge in [0.1, 0.15) is 0 Å².